The Labute approximate surface area is 189 Å². The largest absolute Gasteiger partial charge is 0.486 e. The molecule has 172 valence electrons. The molecule has 1 amide bonds. The van der Waals surface area contributed by atoms with Crippen LogP contribution >= 0.6 is 0 Å². The minimum absolute atomic E-state index is 0.188. The fourth-order valence-corrected chi connectivity index (χ4v) is 4.35. The van der Waals surface area contributed by atoms with E-state index in [1.54, 1.807) is 0 Å². The number of hydrogen-bond acceptors (Lipinski definition) is 8. The first-order chi connectivity index (χ1) is 16.0. The van der Waals surface area contributed by atoms with Crippen LogP contribution < -0.4 is 10.2 Å². The molecular formula is C23H24N4O6. The van der Waals surface area contributed by atoms with E-state index in [0.29, 0.717) is 37.9 Å². The van der Waals surface area contributed by atoms with Gasteiger partial charge in [0, 0.05) is 37.8 Å². The molecule has 2 aliphatic heterocycles. The van der Waals surface area contributed by atoms with Crippen LogP contribution in [0, 0.1) is 5.92 Å². The Kier molecular flexibility index (Phi) is 5.82. The molecule has 0 atom stereocenters. The van der Waals surface area contributed by atoms with Crippen molar-refractivity contribution in [1.82, 2.24) is 20.0 Å². The summed E-state index contributed by atoms with van der Waals surface area (Å²) in [4.78, 5) is 27.1. The Hall–Kier alpha value is -3.66. The Bertz CT molecular complexity index is 1180. The van der Waals surface area contributed by atoms with Crippen molar-refractivity contribution in [3.8, 4) is 17.2 Å². The number of rotatable bonds is 6. The molecule has 10 nitrogen and oxygen atoms in total. The van der Waals surface area contributed by atoms with Crippen molar-refractivity contribution < 1.29 is 23.5 Å². The standard InChI is InChI=1S/C23H24N4O6/c28-20-8-19(31-13-21(20)32-12-15-3-5-27(6-4-15)23(29)30)11-26-9-17-2-1-16(7-18(17)10-26)22-25-24-14-33-22/h1-2,7-8,13-15H,3-6,9-12H2,(H,29,30). The van der Waals surface area contributed by atoms with E-state index in [-0.39, 0.29) is 17.1 Å². The lowest BCUT2D eigenvalue weighted by atomic mass is 9.98. The van der Waals surface area contributed by atoms with Crippen LogP contribution in [0.3, 0.4) is 0 Å². The number of likely N-dealkylation sites (tertiary alicyclic amines) is 1. The molecule has 2 aliphatic rings. The first kappa shape index (κ1) is 21.2. The molecule has 0 radical (unpaired) electrons. The van der Waals surface area contributed by atoms with Gasteiger partial charge in [0.05, 0.1) is 13.2 Å². The van der Waals surface area contributed by atoms with Gasteiger partial charge in [-0.1, -0.05) is 6.07 Å². The maximum Gasteiger partial charge on any atom is 0.407 e. The molecule has 0 bridgehead atoms. The minimum atomic E-state index is -0.890. The normalized spacial score (nSPS) is 16.7. The lowest BCUT2D eigenvalue weighted by molar-refractivity contribution is 0.111. The number of fused-ring (bicyclic) bond motifs is 1. The van der Waals surface area contributed by atoms with E-state index in [4.69, 9.17) is 18.7 Å². The van der Waals surface area contributed by atoms with Crippen LogP contribution in [0.25, 0.3) is 11.5 Å². The van der Waals surface area contributed by atoms with Crippen molar-refractivity contribution >= 4 is 6.09 Å². The predicted octanol–water partition coefficient (Wildman–Crippen LogP) is 2.97. The minimum Gasteiger partial charge on any atom is -0.486 e. The number of ether oxygens (including phenoxy) is 1. The van der Waals surface area contributed by atoms with E-state index >= 15 is 0 Å². The van der Waals surface area contributed by atoms with E-state index in [0.717, 1.165) is 31.5 Å². The molecule has 1 saturated heterocycles. The molecule has 5 rings (SSSR count). The summed E-state index contributed by atoms with van der Waals surface area (Å²) in [6.07, 6.45) is 3.24. The second kappa shape index (κ2) is 9.07. The number of aromatic nitrogens is 2. The van der Waals surface area contributed by atoms with E-state index in [1.165, 1.54) is 34.7 Å². The molecule has 1 fully saturated rings. The van der Waals surface area contributed by atoms with E-state index < -0.39 is 6.09 Å². The topological polar surface area (TPSA) is 122 Å². The SMILES string of the molecule is O=C(O)N1CCC(COc2coc(CN3Cc4ccc(-c5nnco5)cc4C3)cc2=O)CC1. The zero-order valence-corrected chi connectivity index (χ0v) is 18.0. The molecule has 2 aromatic heterocycles. The summed E-state index contributed by atoms with van der Waals surface area (Å²) in [5.74, 6) is 1.48. The quantitative estimate of drug-likeness (QED) is 0.601. The van der Waals surface area contributed by atoms with Crippen molar-refractivity contribution in [2.75, 3.05) is 19.7 Å². The van der Waals surface area contributed by atoms with Gasteiger partial charge in [-0.3, -0.25) is 9.69 Å². The fraction of sp³-hybridized carbons (Fsp3) is 0.391. The van der Waals surface area contributed by atoms with Crippen LogP contribution in [-0.4, -0.2) is 50.9 Å². The molecule has 1 aromatic carbocycles. The highest BCUT2D eigenvalue weighted by atomic mass is 16.5. The highest BCUT2D eigenvalue weighted by molar-refractivity contribution is 5.65. The number of carboxylic acid groups (broad SMARTS) is 1. The van der Waals surface area contributed by atoms with Crippen molar-refractivity contribution in [3.05, 3.63) is 64.0 Å². The molecule has 10 heteroatoms. The van der Waals surface area contributed by atoms with Crippen LogP contribution in [0.4, 0.5) is 4.79 Å². The van der Waals surface area contributed by atoms with Gasteiger partial charge in [0.1, 0.15) is 12.0 Å². The summed E-state index contributed by atoms with van der Waals surface area (Å²) in [7, 11) is 0. The van der Waals surface area contributed by atoms with Gasteiger partial charge in [-0.25, -0.2) is 4.79 Å². The Morgan fingerprint density at radius 3 is 2.70 bits per heavy atom. The van der Waals surface area contributed by atoms with Gasteiger partial charge in [0.25, 0.3) is 0 Å². The maximum atomic E-state index is 12.5. The monoisotopic (exact) mass is 452 g/mol. The highest BCUT2D eigenvalue weighted by Gasteiger charge is 2.24. The lowest BCUT2D eigenvalue weighted by Gasteiger charge is -2.29. The molecule has 1 N–H and O–H groups in total. The van der Waals surface area contributed by atoms with Gasteiger partial charge in [0.2, 0.25) is 23.5 Å². The molecule has 3 aromatic rings. The van der Waals surface area contributed by atoms with Crippen molar-refractivity contribution in [1.29, 1.82) is 0 Å². The molecule has 0 spiro atoms. The summed E-state index contributed by atoms with van der Waals surface area (Å²) in [6, 6.07) is 7.56. The van der Waals surface area contributed by atoms with Crippen LogP contribution in [0.5, 0.6) is 5.75 Å². The second-order valence-electron chi connectivity index (χ2n) is 8.47. The zero-order valence-electron chi connectivity index (χ0n) is 18.0. The Balaban J connectivity index is 1.15. The summed E-state index contributed by atoms with van der Waals surface area (Å²) in [5.41, 5.74) is 3.07. The average molecular weight is 452 g/mol. The van der Waals surface area contributed by atoms with Gasteiger partial charge >= 0.3 is 6.09 Å². The molecule has 4 heterocycles. The van der Waals surface area contributed by atoms with Gasteiger partial charge in [-0.05, 0) is 42.0 Å². The van der Waals surface area contributed by atoms with E-state index in [2.05, 4.69) is 27.2 Å². The van der Waals surface area contributed by atoms with Crippen LogP contribution in [0.1, 0.15) is 29.7 Å². The molecule has 0 aliphatic carbocycles. The van der Waals surface area contributed by atoms with E-state index in [9.17, 15) is 9.59 Å². The van der Waals surface area contributed by atoms with Crippen LogP contribution in [0.15, 0.2) is 50.6 Å². The van der Waals surface area contributed by atoms with Crippen LogP contribution in [-0.2, 0) is 19.6 Å². The average Bonchev–Trinajstić information content (AvgIpc) is 3.48. The van der Waals surface area contributed by atoms with Gasteiger partial charge in [0.15, 0.2) is 0 Å². The Morgan fingerprint density at radius 2 is 1.97 bits per heavy atom. The van der Waals surface area contributed by atoms with Crippen molar-refractivity contribution in [3.63, 3.8) is 0 Å². The number of hydrogen-bond donors (Lipinski definition) is 1. The molecule has 0 unspecified atom stereocenters. The number of amides is 1. The number of piperidine rings is 1. The summed E-state index contributed by atoms with van der Waals surface area (Å²) >= 11 is 0. The lowest BCUT2D eigenvalue weighted by Crippen LogP contribution is -2.38. The third kappa shape index (κ3) is 4.75. The smallest absolute Gasteiger partial charge is 0.407 e. The Morgan fingerprint density at radius 1 is 1.15 bits per heavy atom. The summed E-state index contributed by atoms with van der Waals surface area (Å²) < 4.78 is 16.7. The maximum absolute atomic E-state index is 12.5. The van der Waals surface area contributed by atoms with Gasteiger partial charge in [-0.2, -0.15) is 0 Å². The highest BCUT2D eigenvalue weighted by Crippen LogP contribution is 2.28. The third-order valence-electron chi connectivity index (χ3n) is 6.19. The van der Waals surface area contributed by atoms with Crippen molar-refractivity contribution in [2.24, 2.45) is 5.92 Å². The van der Waals surface area contributed by atoms with Gasteiger partial charge < -0.3 is 23.6 Å². The molecule has 0 saturated carbocycles. The summed E-state index contributed by atoms with van der Waals surface area (Å²) in [6.45, 7) is 3.36. The number of benzene rings is 1. The fourth-order valence-electron chi connectivity index (χ4n) is 4.35. The van der Waals surface area contributed by atoms with Crippen LogP contribution in [0.2, 0.25) is 0 Å². The first-order valence-electron chi connectivity index (χ1n) is 10.9. The summed E-state index contributed by atoms with van der Waals surface area (Å²) in [5, 5.41) is 16.7. The molecule has 33 heavy (non-hydrogen) atoms. The number of nitrogens with zero attached hydrogens (tertiary/aromatic N) is 4. The number of carbonyl (C=O) groups is 1. The predicted molar refractivity (Wildman–Crippen MR) is 115 cm³/mol. The first-order valence-corrected chi connectivity index (χ1v) is 10.9. The molecular weight excluding hydrogens is 428 g/mol. The zero-order chi connectivity index (χ0) is 22.8. The third-order valence-corrected chi connectivity index (χ3v) is 6.19. The van der Waals surface area contributed by atoms with Gasteiger partial charge in [-0.15, -0.1) is 10.2 Å². The van der Waals surface area contributed by atoms with E-state index in [1.807, 2.05) is 6.07 Å². The second-order valence-corrected chi connectivity index (χ2v) is 8.47. The van der Waals surface area contributed by atoms with Crippen molar-refractivity contribution in [2.45, 2.75) is 32.5 Å².